The largest absolute Gasteiger partial charge is 0.480 e. The number of aliphatic carboxylic acids is 1. The van der Waals surface area contributed by atoms with Crippen LogP contribution in [0, 0.1) is 5.82 Å². The molecule has 10 heteroatoms. The molecule has 3 aromatic heterocycles. The summed E-state index contributed by atoms with van der Waals surface area (Å²) in [6.07, 6.45) is 4.87. The number of aryl methyl sites for hydroxylation is 1. The van der Waals surface area contributed by atoms with Crippen molar-refractivity contribution in [3.8, 4) is 11.3 Å². The number of anilines is 1. The van der Waals surface area contributed by atoms with Gasteiger partial charge in [-0.15, -0.1) is 0 Å². The summed E-state index contributed by atoms with van der Waals surface area (Å²) in [4.78, 5) is 27.7. The number of benzene rings is 1. The molecule has 0 fully saturated rings. The Morgan fingerprint density at radius 1 is 1.24 bits per heavy atom. The molecule has 2 N–H and O–H groups in total. The number of fused-ring (bicyclic) bond motifs is 1. The predicted octanol–water partition coefficient (Wildman–Crippen LogP) is 2.31. The molecule has 1 amide bonds. The summed E-state index contributed by atoms with van der Waals surface area (Å²) in [6.45, 7) is -0.344. The molecule has 146 valence electrons. The minimum Gasteiger partial charge on any atom is -0.480 e. The van der Waals surface area contributed by atoms with Gasteiger partial charge in [0.05, 0.1) is 23.1 Å². The molecule has 0 aliphatic heterocycles. The minimum atomic E-state index is -1.06. The highest BCUT2D eigenvalue weighted by Crippen LogP contribution is 2.23. The Labute approximate surface area is 163 Å². The summed E-state index contributed by atoms with van der Waals surface area (Å²) in [5, 5.41) is 19.9. The number of carbonyl (C=O) groups excluding carboxylic acids is 1. The number of carboxylic acid groups (broad SMARTS) is 1. The summed E-state index contributed by atoms with van der Waals surface area (Å²) >= 11 is 0. The van der Waals surface area contributed by atoms with Crippen LogP contribution >= 0.6 is 0 Å². The molecule has 0 saturated carbocycles. The third kappa shape index (κ3) is 3.81. The summed E-state index contributed by atoms with van der Waals surface area (Å²) in [5.41, 5.74) is 1.68. The lowest BCUT2D eigenvalue weighted by atomic mass is 10.2. The highest BCUT2D eigenvalue weighted by molar-refractivity contribution is 6.04. The van der Waals surface area contributed by atoms with Crippen molar-refractivity contribution in [1.29, 1.82) is 0 Å². The molecule has 1 aromatic carbocycles. The number of hydrogen-bond donors (Lipinski definition) is 2. The van der Waals surface area contributed by atoms with Gasteiger partial charge in [0, 0.05) is 36.5 Å². The van der Waals surface area contributed by atoms with E-state index in [0.29, 0.717) is 16.6 Å². The van der Waals surface area contributed by atoms with E-state index in [4.69, 9.17) is 5.11 Å². The maximum atomic E-state index is 14.4. The molecule has 0 bridgehead atoms. The second-order valence-corrected chi connectivity index (χ2v) is 6.38. The first-order valence-corrected chi connectivity index (χ1v) is 8.55. The molecule has 3 heterocycles. The van der Waals surface area contributed by atoms with Crippen LogP contribution in [0.25, 0.3) is 22.2 Å². The van der Waals surface area contributed by atoms with Crippen molar-refractivity contribution in [1.82, 2.24) is 24.5 Å². The lowest BCUT2D eigenvalue weighted by molar-refractivity contribution is -0.137. The van der Waals surface area contributed by atoms with Crippen LogP contribution in [-0.2, 0) is 18.4 Å². The van der Waals surface area contributed by atoms with Gasteiger partial charge >= 0.3 is 5.97 Å². The normalized spacial score (nSPS) is 11.0. The van der Waals surface area contributed by atoms with Crippen LogP contribution in [0.3, 0.4) is 0 Å². The second-order valence-electron chi connectivity index (χ2n) is 6.38. The van der Waals surface area contributed by atoms with E-state index < -0.39 is 17.7 Å². The Kier molecular flexibility index (Phi) is 4.51. The standard InChI is InChI=1S/C19H15FN6O3/c1-25-8-12(7-21-25)14-3-2-4-15(22-14)19(29)23-17-5-11-9-26(10-18(27)28)24-16(11)6-13(17)20/h2-9H,10H2,1H3,(H,23,29)(H,27,28). The van der Waals surface area contributed by atoms with Crippen molar-refractivity contribution in [2.45, 2.75) is 6.54 Å². The fourth-order valence-electron chi connectivity index (χ4n) is 2.87. The molecule has 29 heavy (non-hydrogen) atoms. The number of nitrogens with zero attached hydrogens (tertiary/aromatic N) is 5. The predicted molar refractivity (Wildman–Crippen MR) is 102 cm³/mol. The number of rotatable bonds is 5. The van der Waals surface area contributed by atoms with Gasteiger partial charge in [-0.2, -0.15) is 10.2 Å². The van der Waals surface area contributed by atoms with Crippen molar-refractivity contribution in [3.63, 3.8) is 0 Å². The molecule has 0 aliphatic carbocycles. The number of halogens is 1. The number of hydrogen-bond acceptors (Lipinski definition) is 5. The van der Waals surface area contributed by atoms with Crippen LogP contribution in [0.2, 0.25) is 0 Å². The molecule has 0 radical (unpaired) electrons. The number of amides is 1. The summed E-state index contributed by atoms with van der Waals surface area (Å²) in [7, 11) is 1.78. The lowest BCUT2D eigenvalue weighted by Crippen LogP contribution is -2.14. The first-order valence-electron chi connectivity index (χ1n) is 8.55. The number of aromatic nitrogens is 5. The van der Waals surface area contributed by atoms with Gasteiger partial charge in [-0.1, -0.05) is 6.07 Å². The van der Waals surface area contributed by atoms with Gasteiger partial charge in [0.2, 0.25) is 0 Å². The molecule has 9 nitrogen and oxygen atoms in total. The van der Waals surface area contributed by atoms with Crippen LogP contribution in [-0.4, -0.2) is 41.5 Å². The maximum Gasteiger partial charge on any atom is 0.325 e. The van der Waals surface area contributed by atoms with E-state index in [1.165, 1.54) is 23.0 Å². The van der Waals surface area contributed by atoms with Crippen molar-refractivity contribution in [2.24, 2.45) is 7.05 Å². The van der Waals surface area contributed by atoms with Crippen LogP contribution in [0.15, 0.2) is 48.9 Å². The monoisotopic (exact) mass is 394 g/mol. The van der Waals surface area contributed by atoms with E-state index in [9.17, 15) is 14.0 Å². The van der Waals surface area contributed by atoms with Crippen LogP contribution in [0.4, 0.5) is 10.1 Å². The molecular formula is C19H15FN6O3. The molecule has 0 unspecified atom stereocenters. The fourth-order valence-corrected chi connectivity index (χ4v) is 2.87. The van der Waals surface area contributed by atoms with Gasteiger partial charge in [-0.3, -0.25) is 19.0 Å². The third-order valence-electron chi connectivity index (χ3n) is 4.17. The lowest BCUT2D eigenvalue weighted by Gasteiger charge is -2.07. The van der Waals surface area contributed by atoms with Gasteiger partial charge in [0.1, 0.15) is 18.1 Å². The highest BCUT2D eigenvalue weighted by Gasteiger charge is 2.15. The number of carbonyl (C=O) groups is 2. The van der Waals surface area contributed by atoms with Crippen molar-refractivity contribution in [2.75, 3.05) is 5.32 Å². The Morgan fingerprint density at radius 3 is 2.79 bits per heavy atom. The van der Waals surface area contributed by atoms with Gasteiger partial charge < -0.3 is 10.4 Å². The van der Waals surface area contributed by atoms with Gasteiger partial charge in [0.25, 0.3) is 5.91 Å². The average molecular weight is 394 g/mol. The van der Waals surface area contributed by atoms with Crippen LogP contribution in [0.5, 0.6) is 0 Å². The second kappa shape index (κ2) is 7.15. The topological polar surface area (TPSA) is 115 Å². The first-order chi connectivity index (χ1) is 13.9. The molecule has 0 spiro atoms. The smallest absolute Gasteiger partial charge is 0.325 e. The Bertz CT molecular complexity index is 1250. The van der Waals surface area contributed by atoms with E-state index >= 15 is 0 Å². The summed E-state index contributed by atoms with van der Waals surface area (Å²) in [5.74, 6) is -2.33. The zero-order chi connectivity index (χ0) is 20.5. The van der Waals surface area contributed by atoms with E-state index in [1.54, 1.807) is 36.3 Å². The third-order valence-corrected chi connectivity index (χ3v) is 4.17. The minimum absolute atomic E-state index is 0.0500. The highest BCUT2D eigenvalue weighted by atomic mass is 19.1. The van der Waals surface area contributed by atoms with Crippen molar-refractivity contribution in [3.05, 3.63) is 60.4 Å². The van der Waals surface area contributed by atoms with E-state index in [-0.39, 0.29) is 17.9 Å². The number of carboxylic acids is 1. The zero-order valence-electron chi connectivity index (χ0n) is 15.2. The first kappa shape index (κ1) is 18.3. The molecule has 0 atom stereocenters. The van der Waals surface area contributed by atoms with Gasteiger partial charge in [0.15, 0.2) is 0 Å². The Morgan fingerprint density at radius 2 is 2.07 bits per heavy atom. The average Bonchev–Trinajstić information content (AvgIpc) is 3.27. The van der Waals surface area contributed by atoms with Gasteiger partial charge in [-0.25, -0.2) is 9.37 Å². The summed E-state index contributed by atoms with van der Waals surface area (Å²) < 4.78 is 17.2. The maximum absolute atomic E-state index is 14.4. The fraction of sp³-hybridized carbons (Fsp3) is 0.105. The van der Waals surface area contributed by atoms with Gasteiger partial charge in [-0.05, 0) is 18.2 Å². The number of nitrogens with one attached hydrogen (secondary N) is 1. The van der Waals surface area contributed by atoms with Crippen molar-refractivity contribution >= 4 is 28.5 Å². The number of pyridine rings is 1. The molecule has 4 rings (SSSR count). The molecule has 0 saturated heterocycles. The quantitative estimate of drug-likeness (QED) is 0.537. The Hall–Kier alpha value is -4.08. The molecular weight excluding hydrogens is 379 g/mol. The zero-order valence-corrected chi connectivity index (χ0v) is 15.2. The van der Waals surface area contributed by atoms with E-state index in [1.807, 2.05) is 0 Å². The SMILES string of the molecule is Cn1cc(-c2cccc(C(=O)Nc3cc4cn(CC(=O)O)nc4cc3F)n2)cn1. The van der Waals surface area contributed by atoms with E-state index in [2.05, 4.69) is 20.5 Å². The molecule has 4 aromatic rings. The van der Waals surface area contributed by atoms with Crippen LogP contribution < -0.4 is 5.32 Å². The summed E-state index contributed by atoms with van der Waals surface area (Å²) in [6, 6.07) is 7.50. The Balaban J connectivity index is 1.60. The molecule has 0 aliphatic rings. The van der Waals surface area contributed by atoms with Crippen molar-refractivity contribution < 1.29 is 19.1 Å². The van der Waals surface area contributed by atoms with Crippen LogP contribution in [0.1, 0.15) is 10.5 Å². The van der Waals surface area contributed by atoms with E-state index in [0.717, 1.165) is 11.6 Å².